The molecule has 4 heteroatoms. The summed E-state index contributed by atoms with van der Waals surface area (Å²) in [6, 6.07) is 7.83. The van der Waals surface area contributed by atoms with Gasteiger partial charge in [-0.1, -0.05) is 32.0 Å². The highest BCUT2D eigenvalue weighted by molar-refractivity contribution is 5.98. The van der Waals surface area contributed by atoms with E-state index in [1.54, 1.807) is 0 Å². The molecular weight excluding hydrogens is 276 g/mol. The summed E-state index contributed by atoms with van der Waals surface area (Å²) in [7, 11) is 0. The van der Waals surface area contributed by atoms with Gasteiger partial charge < -0.3 is 9.32 Å². The highest BCUT2D eigenvalue weighted by Crippen LogP contribution is 2.26. The van der Waals surface area contributed by atoms with Gasteiger partial charge in [0.2, 0.25) is 0 Å². The molecule has 4 nitrogen and oxygen atoms in total. The number of aryl methyl sites for hydroxylation is 1. The topological polar surface area (TPSA) is 36.7 Å². The lowest BCUT2D eigenvalue weighted by molar-refractivity contribution is 0.0594. The van der Waals surface area contributed by atoms with E-state index in [4.69, 9.17) is 4.42 Å². The lowest BCUT2D eigenvalue weighted by Gasteiger charge is -2.35. The Labute approximate surface area is 131 Å². The van der Waals surface area contributed by atoms with Crippen LogP contribution in [0.3, 0.4) is 0 Å². The van der Waals surface area contributed by atoms with Gasteiger partial charge in [-0.05, 0) is 18.9 Å². The molecule has 0 aliphatic carbocycles. The largest absolute Gasteiger partial charge is 0.451 e. The maximum atomic E-state index is 12.7. The van der Waals surface area contributed by atoms with Gasteiger partial charge in [-0.2, -0.15) is 0 Å². The molecule has 0 bridgehead atoms. The van der Waals surface area contributed by atoms with E-state index in [2.05, 4.69) is 18.7 Å². The van der Waals surface area contributed by atoms with Gasteiger partial charge in [0.15, 0.2) is 5.76 Å². The minimum atomic E-state index is 0.0258. The SMILES string of the molecule is Cc1c(C(=O)N2CCN(CC(C)C)CC2)oc2ccccc12. The zero-order valence-electron chi connectivity index (χ0n) is 13.6. The molecule has 0 N–H and O–H groups in total. The number of hydrogen-bond acceptors (Lipinski definition) is 3. The van der Waals surface area contributed by atoms with E-state index in [9.17, 15) is 4.79 Å². The number of fused-ring (bicyclic) bond motifs is 1. The van der Waals surface area contributed by atoms with E-state index >= 15 is 0 Å². The fourth-order valence-electron chi connectivity index (χ4n) is 3.17. The molecule has 0 radical (unpaired) electrons. The predicted octanol–water partition coefficient (Wildman–Crippen LogP) is 3.16. The molecule has 1 aromatic heterocycles. The first kappa shape index (κ1) is 15.1. The number of rotatable bonds is 3. The summed E-state index contributed by atoms with van der Waals surface area (Å²) in [5.74, 6) is 1.19. The van der Waals surface area contributed by atoms with Crippen LogP contribution in [0, 0.1) is 12.8 Å². The van der Waals surface area contributed by atoms with Gasteiger partial charge in [0.25, 0.3) is 5.91 Å². The van der Waals surface area contributed by atoms with Crippen molar-refractivity contribution in [2.24, 2.45) is 5.92 Å². The van der Waals surface area contributed by atoms with Crippen LogP contribution >= 0.6 is 0 Å². The molecule has 1 aliphatic rings. The first-order chi connectivity index (χ1) is 10.6. The van der Waals surface area contributed by atoms with Gasteiger partial charge in [0, 0.05) is 43.7 Å². The van der Waals surface area contributed by atoms with Crippen molar-refractivity contribution in [3.05, 3.63) is 35.6 Å². The molecule has 1 amide bonds. The van der Waals surface area contributed by atoms with E-state index in [0.29, 0.717) is 11.7 Å². The number of furan rings is 1. The number of carbonyl (C=O) groups is 1. The van der Waals surface area contributed by atoms with E-state index in [0.717, 1.165) is 49.3 Å². The van der Waals surface area contributed by atoms with Crippen molar-refractivity contribution >= 4 is 16.9 Å². The fourth-order valence-corrected chi connectivity index (χ4v) is 3.17. The maximum Gasteiger partial charge on any atom is 0.289 e. The second-order valence-electron chi connectivity index (χ2n) is 6.54. The normalized spacial score (nSPS) is 16.6. The van der Waals surface area contributed by atoms with Crippen LogP contribution in [0.15, 0.2) is 28.7 Å². The fraction of sp³-hybridized carbons (Fsp3) is 0.500. The maximum absolute atomic E-state index is 12.7. The van der Waals surface area contributed by atoms with Gasteiger partial charge >= 0.3 is 0 Å². The lowest BCUT2D eigenvalue weighted by atomic mass is 10.1. The molecule has 1 aliphatic heterocycles. The predicted molar refractivity (Wildman–Crippen MR) is 88.1 cm³/mol. The molecule has 0 saturated carbocycles. The summed E-state index contributed by atoms with van der Waals surface area (Å²) in [5.41, 5.74) is 1.74. The molecule has 2 heterocycles. The molecule has 0 atom stereocenters. The Bertz CT molecular complexity index is 667. The van der Waals surface area contributed by atoms with Crippen molar-refractivity contribution in [2.75, 3.05) is 32.7 Å². The number of amides is 1. The van der Waals surface area contributed by atoms with Gasteiger partial charge in [0.1, 0.15) is 5.58 Å². The Morgan fingerprint density at radius 1 is 1.18 bits per heavy atom. The second-order valence-corrected chi connectivity index (χ2v) is 6.54. The Morgan fingerprint density at radius 3 is 2.50 bits per heavy atom. The van der Waals surface area contributed by atoms with Gasteiger partial charge in [-0.3, -0.25) is 9.69 Å². The van der Waals surface area contributed by atoms with Crippen LogP contribution in [-0.4, -0.2) is 48.4 Å². The zero-order valence-corrected chi connectivity index (χ0v) is 13.6. The van der Waals surface area contributed by atoms with Gasteiger partial charge in [-0.15, -0.1) is 0 Å². The van der Waals surface area contributed by atoms with Crippen LogP contribution in [0.2, 0.25) is 0 Å². The third kappa shape index (κ3) is 2.88. The van der Waals surface area contributed by atoms with Crippen molar-refractivity contribution in [3.63, 3.8) is 0 Å². The molecule has 118 valence electrons. The van der Waals surface area contributed by atoms with Crippen LogP contribution < -0.4 is 0 Å². The third-order valence-electron chi connectivity index (χ3n) is 4.32. The van der Waals surface area contributed by atoms with Crippen LogP contribution in [0.5, 0.6) is 0 Å². The Balaban J connectivity index is 1.73. The monoisotopic (exact) mass is 300 g/mol. The minimum Gasteiger partial charge on any atom is -0.451 e. The summed E-state index contributed by atoms with van der Waals surface area (Å²) in [6.07, 6.45) is 0. The summed E-state index contributed by atoms with van der Waals surface area (Å²) < 4.78 is 5.80. The average molecular weight is 300 g/mol. The van der Waals surface area contributed by atoms with Crippen molar-refractivity contribution in [3.8, 4) is 0 Å². The van der Waals surface area contributed by atoms with E-state index in [1.165, 1.54) is 0 Å². The third-order valence-corrected chi connectivity index (χ3v) is 4.32. The van der Waals surface area contributed by atoms with E-state index in [-0.39, 0.29) is 5.91 Å². The summed E-state index contributed by atoms with van der Waals surface area (Å²) in [4.78, 5) is 17.1. The van der Waals surface area contributed by atoms with E-state index in [1.807, 2.05) is 36.1 Å². The zero-order chi connectivity index (χ0) is 15.7. The van der Waals surface area contributed by atoms with Crippen LogP contribution in [0.25, 0.3) is 11.0 Å². The molecule has 22 heavy (non-hydrogen) atoms. The van der Waals surface area contributed by atoms with Crippen molar-refractivity contribution in [1.29, 1.82) is 0 Å². The van der Waals surface area contributed by atoms with Crippen molar-refractivity contribution in [2.45, 2.75) is 20.8 Å². The molecule has 3 rings (SSSR count). The number of para-hydroxylation sites is 1. The molecule has 2 aromatic rings. The number of benzene rings is 1. The Kier molecular flexibility index (Phi) is 4.21. The summed E-state index contributed by atoms with van der Waals surface area (Å²) in [5, 5.41) is 1.03. The smallest absolute Gasteiger partial charge is 0.289 e. The van der Waals surface area contributed by atoms with Gasteiger partial charge in [0.05, 0.1) is 0 Å². The molecule has 1 aromatic carbocycles. The standard InChI is InChI=1S/C18H24N2O2/c1-13(2)12-19-8-10-20(11-9-19)18(21)17-14(3)15-6-4-5-7-16(15)22-17/h4-7,13H,8-12H2,1-3H3. The summed E-state index contributed by atoms with van der Waals surface area (Å²) >= 11 is 0. The Morgan fingerprint density at radius 2 is 1.86 bits per heavy atom. The number of hydrogen-bond donors (Lipinski definition) is 0. The summed E-state index contributed by atoms with van der Waals surface area (Å²) in [6.45, 7) is 11.0. The highest BCUT2D eigenvalue weighted by Gasteiger charge is 2.26. The number of nitrogens with zero attached hydrogens (tertiary/aromatic N) is 2. The quantitative estimate of drug-likeness (QED) is 0.873. The first-order valence-electron chi connectivity index (χ1n) is 8.06. The molecule has 0 spiro atoms. The molecule has 1 fully saturated rings. The first-order valence-corrected chi connectivity index (χ1v) is 8.06. The van der Waals surface area contributed by atoms with Crippen LogP contribution in [0.1, 0.15) is 30.0 Å². The molecular formula is C18H24N2O2. The van der Waals surface area contributed by atoms with Crippen molar-refractivity contribution < 1.29 is 9.21 Å². The molecule has 1 saturated heterocycles. The molecule has 0 unspecified atom stereocenters. The lowest BCUT2D eigenvalue weighted by Crippen LogP contribution is -2.49. The highest BCUT2D eigenvalue weighted by atomic mass is 16.3. The van der Waals surface area contributed by atoms with Gasteiger partial charge in [-0.25, -0.2) is 0 Å². The van der Waals surface area contributed by atoms with Crippen LogP contribution in [-0.2, 0) is 0 Å². The second kappa shape index (κ2) is 6.13. The number of piperazine rings is 1. The average Bonchev–Trinajstić information content (AvgIpc) is 2.84. The van der Waals surface area contributed by atoms with E-state index < -0.39 is 0 Å². The van der Waals surface area contributed by atoms with Crippen molar-refractivity contribution in [1.82, 2.24) is 9.80 Å². The van der Waals surface area contributed by atoms with Crippen LogP contribution in [0.4, 0.5) is 0 Å². The number of carbonyl (C=O) groups excluding carboxylic acids is 1. The Hall–Kier alpha value is -1.81. The minimum absolute atomic E-state index is 0.0258.